The molecule has 0 saturated carbocycles. The van der Waals surface area contributed by atoms with Crippen LogP contribution in [0.15, 0.2) is 65.8 Å². The number of benzene rings is 3. The summed E-state index contributed by atoms with van der Waals surface area (Å²) in [6.07, 6.45) is 3.67. The topological polar surface area (TPSA) is 89.0 Å². The van der Waals surface area contributed by atoms with Gasteiger partial charge in [-0.25, -0.2) is 5.43 Å². The summed E-state index contributed by atoms with van der Waals surface area (Å²) < 4.78 is 11.3. The number of amides is 2. The Morgan fingerprint density at radius 3 is 2.44 bits per heavy atom. The third-order valence-electron chi connectivity index (χ3n) is 5.10. The average Bonchev–Trinajstić information content (AvgIpc) is 2.85. The SMILES string of the molecule is CCCCOc1ccc2ccccc2c1C=NNC(=O)CCC(=O)Nc1ccc(OCC)cc1. The van der Waals surface area contributed by atoms with Gasteiger partial charge in [0.05, 0.1) is 19.4 Å². The van der Waals surface area contributed by atoms with Gasteiger partial charge in [-0.05, 0) is 54.4 Å². The van der Waals surface area contributed by atoms with Gasteiger partial charge in [0.2, 0.25) is 11.8 Å². The smallest absolute Gasteiger partial charge is 0.240 e. The fourth-order valence-electron chi connectivity index (χ4n) is 3.34. The Balaban J connectivity index is 1.54. The molecule has 3 aromatic rings. The molecule has 0 aliphatic heterocycles. The number of rotatable bonds is 12. The van der Waals surface area contributed by atoms with Gasteiger partial charge in [-0.1, -0.05) is 43.7 Å². The monoisotopic (exact) mass is 461 g/mol. The van der Waals surface area contributed by atoms with Crippen molar-refractivity contribution in [1.29, 1.82) is 0 Å². The van der Waals surface area contributed by atoms with Gasteiger partial charge in [0.15, 0.2) is 0 Å². The predicted molar refractivity (Wildman–Crippen MR) is 136 cm³/mol. The molecule has 0 spiro atoms. The Morgan fingerprint density at radius 2 is 1.68 bits per heavy atom. The van der Waals surface area contributed by atoms with Gasteiger partial charge in [-0.2, -0.15) is 5.10 Å². The highest BCUT2D eigenvalue weighted by Crippen LogP contribution is 2.27. The molecule has 178 valence electrons. The summed E-state index contributed by atoms with van der Waals surface area (Å²) in [5.41, 5.74) is 3.97. The number of unbranched alkanes of at least 4 members (excludes halogenated alkanes) is 1. The molecule has 3 aromatic carbocycles. The van der Waals surface area contributed by atoms with Gasteiger partial charge >= 0.3 is 0 Å². The van der Waals surface area contributed by atoms with E-state index >= 15 is 0 Å². The second-order valence-corrected chi connectivity index (χ2v) is 7.70. The first kappa shape index (κ1) is 24.8. The van der Waals surface area contributed by atoms with Gasteiger partial charge < -0.3 is 14.8 Å². The molecule has 0 fully saturated rings. The van der Waals surface area contributed by atoms with E-state index in [-0.39, 0.29) is 24.7 Å². The van der Waals surface area contributed by atoms with E-state index in [0.29, 0.717) is 18.9 Å². The van der Waals surface area contributed by atoms with Crippen molar-refractivity contribution < 1.29 is 19.1 Å². The zero-order valence-electron chi connectivity index (χ0n) is 19.7. The molecular weight excluding hydrogens is 430 g/mol. The fourth-order valence-corrected chi connectivity index (χ4v) is 3.34. The molecule has 2 N–H and O–H groups in total. The van der Waals surface area contributed by atoms with Crippen molar-refractivity contribution in [1.82, 2.24) is 5.43 Å². The number of carbonyl (C=O) groups is 2. The Morgan fingerprint density at radius 1 is 0.912 bits per heavy atom. The van der Waals surface area contributed by atoms with Crippen LogP contribution in [0.5, 0.6) is 11.5 Å². The summed E-state index contributed by atoms with van der Waals surface area (Å²) in [4.78, 5) is 24.4. The standard InChI is InChI=1S/C27H31N3O4/c1-3-5-18-34-25-15-10-20-8-6-7-9-23(20)24(25)19-28-30-27(32)17-16-26(31)29-21-11-13-22(14-12-21)33-4-2/h6-15,19H,3-5,16-18H2,1-2H3,(H,29,31)(H,30,32). The molecule has 0 radical (unpaired) electrons. The van der Waals surface area contributed by atoms with Crippen molar-refractivity contribution in [2.45, 2.75) is 39.5 Å². The van der Waals surface area contributed by atoms with Gasteiger partial charge in [0, 0.05) is 24.1 Å². The summed E-state index contributed by atoms with van der Waals surface area (Å²) in [5, 5.41) is 8.94. The zero-order chi connectivity index (χ0) is 24.2. The maximum absolute atomic E-state index is 12.2. The Labute approximate surface area is 200 Å². The molecule has 0 unspecified atom stereocenters. The summed E-state index contributed by atoms with van der Waals surface area (Å²) in [7, 11) is 0. The Hall–Kier alpha value is -3.87. The second kappa shape index (κ2) is 13.0. The van der Waals surface area contributed by atoms with Crippen molar-refractivity contribution in [3.8, 4) is 11.5 Å². The number of hydrazone groups is 1. The van der Waals surface area contributed by atoms with Crippen molar-refractivity contribution in [2.75, 3.05) is 18.5 Å². The maximum atomic E-state index is 12.2. The summed E-state index contributed by atoms with van der Waals surface area (Å²) in [5.74, 6) is 0.874. The molecular formula is C27H31N3O4. The van der Waals surface area contributed by atoms with E-state index in [1.54, 1.807) is 30.5 Å². The predicted octanol–water partition coefficient (Wildman–Crippen LogP) is 5.29. The minimum atomic E-state index is -0.341. The zero-order valence-corrected chi connectivity index (χ0v) is 19.7. The lowest BCUT2D eigenvalue weighted by Crippen LogP contribution is -2.20. The molecule has 7 nitrogen and oxygen atoms in total. The van der Waals surface area contributed by atoms with Crippen LogP contribution >= 0.6 is 0 Å². The van der Waals surface area contributed by atoms with Crippen LogP contribution in [0.3, 0.4) is 0 Å². The normalized spacial score (nSPS) is 10.9. The first-order valence-corrected chi connectivity index (χ1v) is 11.6. The van der Waals surface area contributed by atoms with Gasteiger partial charge in [0.25, 0.3) is 0 Å². The average molecular weight is 462 g/mol. The van der Waals surface area contributed by atoms with Crippen LogP contribution in [0.4, 0.5) is 5.69 Å². The van der Waals surface area contributed by atoms with Crippen LogP contribution in [0.2, 0.25) is 0 Å². The third-order valence-corrected chi connectivity index (χ3v) is 5.10. The molecule has 0 aliphatic carbocycles. The van der Waals surface area contributed by atoms with Crippen molar-refractivity contribution in [2.24, 2.45) is 5.10 Å². The third kappa shape index (κ3) is 7.33. The highest BCUT2D eigenvalue weighted by atomic mass is 16.5. The number of fused-ring (bicyclic) bond motifs is 1. The molecule has 34 heavy (non-hydrogen) atoms. The quantitative estimate of drug-likeness (QED) is 0.218. The molecule has 0 heterocycles. The van der Waals surface area contributed by atoms with Crippen LogP contribution in [-0.2, 0) is 9.59 Å². The lowest BCUT2D eigenvalue weighted by atomic mass is 10.0. The van der Waals surface area contributed by atoms with E-state index in [4.69, 9.17) is 9.47 Å². The fraction of sp³-hybridized carbons (Fsp3) is 0.296. The second-order valence-electron chi connectivity index (χ2n) is 7.70. The number of carbonyl (C=O) groups excluding carboxylic acids is 2. The number of ether oxygens (including phenoxy) is 2. The number of hydrogen-bond donors (Lipinski definition) is 2. The highest BCUT2D eigenvalue weighted by molar-refractivity contribution is 6.02. The Kier molecular flexibility index (Phi) is 9.46. The van der Waals surface area contributed by atoms with Gasteiger partial charge in [0.1, 0.15) is 11.5 Å². The highest BCUT2D eigenvalue weighted by Gasteiger charge is 2.09. The van der Waals surface area contributed by atoms with Gasteiger partial charge in [-0.3, -0.25) is 9.59 Å². The molecule has 2 amide bonds. The maximum Gasteiger partial charge on any atom is 0.240 e. The lowest BCUT2D eigenvalue weighted by Gasteiger charge is -2.11. The summed E-state index contributed by atoms with van der Waals surface area (Å²) in [6, 6.07) is 19.0. The Bertz CT molecular complexity index is 1130. The number of nitrogens with one attached hydrogen (secondary N) is 2. The summed E-state index contributed by atoms with van der Waals surface area (Å²) in [6.45, 7) is 5.22. The number of nitrogens with zero attached hydrogens (tertiary/aromatic N) is 1. The minimum absolute atomic E-state index is 0.0234. The molecule has 0 aromatic heterocycles. The molecule has 0 aliphatic rings. The minimum Gasteiger partial charge on any atom is -0.494 e. The largest absolute Gasteiger partial charge is 0.494 e. The van der Waals surface area contributed by atoms with Crippen molar-refractivity contribution >= 4 is 34.5 Å². The molecule has 3 rings (SSSR count). The number of anilines is 1. The summed E-state index contributed by atoms with van der Waals surface area (Å²) >= 11 is 0. The van der Waals surface area contributed by atoms with Crippen molar-refractivity contribution in [3.05, 3.63) is 66.2 Å². The lowest BCUT2D eigenvalue weighted by molar-refractivity contribution is -0.124. The first-order valence-electron chi connectivity index (χ1n) is 11.6. The van der Waals surface area contributed by atoms with E-state index in [1.165, 1.54) is 0 Å². The van der Waals surface area contributed by atoms with E-state index in [2.05, 4.69) is 22.8 Å². The van der Waals surface area contributed by atoms with Crippen LogP contribution in [-0.4, -0.2) is 31.2 Å². The van der Waals surface area contributed by atoms with Gasteiger partial charge in [-0.15, -0.1) is 0 Å². The molecule has 7 heteroatoms. The first-order chi connectivity index (χ1) is 16.6. The van der Waals surface area contributed by atoms with Crippen LogP contribution in [0.25, 0.3) is 10.8 Å². The van der Waals surface area contributed by atoms with Crippen LogP contribution in [0.1, 0.15) is 45.1 Å². The molecule has 0 atom stereocenters. The van der Waals surface area contributed by atoms with E-state index in [1.807, 2.05) is 43.3 Å². The molecule has 0 saturated heterocycles. The molecule has 0 bridgehead atoms. The van der Waals surface area contributed by atoms with Crippen LogP contribution < -0.4 is 20.2 Å². The van der Waals surface area contributed by atoms with Crippen molar-refractivity contribution in [3.63, 3.8) is 0 Å². The van der Waals surface area contributed by atoms with E-state index in [9.17, 15) is 9.59 Å². The van der Waals surface area contributed by atoms with E-state index < -0.39 is 0 Å². The van der Waals surface area contributed by atoms with E-state index in [0.717, 1.165) is 40.7 Å². The number of hydrogen-bond acceptors (Lipinski definition) is 5. The van der Waals surface area contributed by atoms with Crippen LogP contribution in [0, 0.1) is 0 Å².